The number of fused-ring (bicyclic) bond motifs is 1. The van der Waals surface area contributed by atoms with Crippen LogP contribution < -0.4 is 10.4 Å². The molecule has 0 fully saturated rings. The molecule has 0 aliphatic heterocycles. The van der Waals surface area contributed by atoms with Gasteiger partial charge in [-0.2, -0.15) is 0 Å². The van der Waals surface area contributed by atoms with E-state index in [1.807, 2.05) is 39.0 Å². The first kappa shape index (κ1) is 21.7. The van der Waals surface area contributed by atoms with Crippen molar-refractivity contribution >= 4 is 11.0 Å². The zero-order valence-electron chi connectivity index (χ0n) is 17.2. The van der Waals surface area contributed by atoms with E-state index < -0.39 is 6.10 Å². The van der Waals surface area contributed by atoms with Gasteiger partial charge in [0.25, 0.3) is 0 Å². The molecule has 28 heavy (non-hydrogen) atoms. The lowest BCUT2D eigenvalue weighted by Crippen LogP contribution is -2.06. The first-order valence-corrected chi connectivity index (χ1v) is 9.65. The SMILES string of the molecule is CC(C)=CCC(O)C(C)=CCCC(C)=CCOc1ccc2ccc(=O)oc2c1. The van der Waals surface area contributed by atoms with E-state index >= 15 is 0 Å². The summed E-state index contributed by atoms with van der Waals surface area (Å²) in [4.78, 5) is 11.3. The van der Waals surface area contributed by atoms with Crippen LogP contribution in [0.2, 0.25) is 0 Å². The first-order valence-electron chi connectivity index (χ1n) is 9.65. The fourth-order valence-corrected chi connectivity index (χ4v) is 2.71. The molecule has 1 unspecified atom stereocenters. The summed E-state index contributed by atoms with van der Waals surface area (Å²) in [5, 5.41) is 11.0. The number of aliphatic hydroxyl groups excluding tert-OH is 1. The summed E-state index contributed by atoms with van der Waals surface area (Å²) < 4.78 is 10.9. The molecule has 0 saturated carbocycles. The lowest BCUT2D eigenvalue weighted by Gasteiger charge is -2.09. The van der Waals surface area contributed by atoms with Crippen molar-refractivity contribution in [3.8, 4) is 5.75 Å². The smallest absolute Gasteiger partial charge is 0.336 e. The molecule has 2 rings (SSSR count). The van der Waals surface area contributed by atoms with E-state index in [0.717, 1.165) is 23.8 Å². The third-order valence-electron chi connectivity index (χ3n) is 4.56. The Morgan fingerprint density at radius 3 is 2.61 bits per heavy atom. The summed E-state index contributed by atoms with van der Waals surface area (Å²) in [6, 6.07) is 8.62. The van der Waals surface area contributed by atoms with Gasteiger partial charge in [0.05, 0.1) is 6.10 Å². The molecule has 0 aliphatic rings. The van der Waals surface area contributed by atoms with Gasteiger partial charge in [0.15, 0.2) is 0 Å². The standard InChI is InChI=1S/C24H30O4/c1-17(2)8-12-22(25)19(4)7-5-6-18(3)14-15-27-21-11-9-20-10-13-24(26)28-23(20)16-21/h7-11,13-14,16,22,25H,5-6,12,15H2,1-4H3. The lowest BCUT2D eigenvalue weighted by molar-refractivity contribution is 0.213. The molecule has 0 radical (unpaired) electrons. The highest BCUT2D eigenvalue weighted by atomic mass is 16.5. The molecule has 4 heteroatoms. The van der Waals surface area contributed by atoms with Gasteiger partial charge in [-0.15, -0.1) is 0 Å². The predicted molar refractivity (Wildman–Crippen MR) is 115 cm³/mol. The Morgan fingerprint density at radius 1 is 1.11 bits per heavy atom. The van der Waals surface area contributed by atoms with Crippen LogP contribution in [0.3, 0.4) is 0 Å². The van der Waals surface area contributed by atoms with E-state index in [-0.39, 0.29) is 5.63 Å². The van der Waals surface area contributed by atoms with Crippen molar-refractivity contribution in [2.75, 3.05) is 6.61 Å². The Hall–Kier alpha value is -2.59. The van der Waals surface area contributed by atoms with Crippen LogP contribution in [0.1, 0.15) is 47.0 Å². The Labute approximate surface area is 166 Å². The van der Waals surface area contributed by atoms with Crippen LogP contribution in [0.25, 0.3) is 11.0 Å². The van der Waals surface area contributed by atoms with Gasteiger partial charge in [0.1, 0.15) is 17.9 Å². The van der Waals surface area contributed by atoms with Crippen molar-refractivity contribution in [3.63, 3.8) is 0 Å². The van der Waals surface area contributed by atoms with Gasteiger partial charge in [0.2, 0.25) is 0 Å². The summed E-state index contributed by atoms with van der Waals surface area (Å²) in [6.45, 7) is 8.58. The van der Waals surface area contributed by atoms with Crippen LogP contribution in [-0.4, -0.2) is 17.8 Å². The highest BCUT2D eigenvalue weighted by Gasteiger charge is 2.04. The number of hydrogen-bond acceptors (Lipinski definition) is 4. The molecule has 0 bridgehead atoms. The third kappa shape index (κ3) is 7.20. The molecule has 0 amide bonds. The van der Waals surface area contributed by atoms with Crippen LogP contribution in [-0.2, 0) is 0 Å². The molecular formula is C24H30O4. The second kappa shape index (κ2) is 10.7. The maximum absolute atomic E-state index is 11.3. The van der Waals surface area contributed by atoms with E-state index in [2.05, 4.69) is 19.1 Å². The minimum atomic E-state index is -0.407. The van der Waals surface area contributed by atoms with E-state index in [9.17, 15) is 9.90 Å². The zero-order chi connectivity index (χ0) is 20.5. The molecule has 4 nitrogen and oxygen atoms in total. The summed E-state index contributed by atoms with van der Waals surface area (Å²) in [7, 11) is 0. The molecule has 1 heterocycles. The fourth-order valence-electron chi connectivity index (χ4n) is 2.71. The maximum atomic E-state index is 11.3. The molecule has 2 aromatic rings. The number of allylic oxidation sites excluding steroid dienone is 3. The largest absolute Gasteiger partial charge is 0.489 e. The van der Waals surface area contributed by atoms with E-state index in [0.29, 0.717) is 24.4 Å². The lowest BCUT2D eigenvalue weighted by atomic mass is 10.0. The Morgan fingerprint density at radius 2 is 1.86 bits per heavy atom. The summed E-state index contributed by atoms with van der Waals surface area (Å²) in [5.74, 6) is 0.670. The van der Waals surface area contributed by atoms with E-state index in [1.54, 1.807) is 12.1 Å². The summed E-state index contributed by atoms with van der Waals surface area (Å²) in [6.07, 6.45) is 8.28. The average Bonchev–Trinajstić information content (AvgIpc) is 2.65. The van der Waals surface area contributed by atoms with E-state index in [1.165, 1.54) is 17.2 Å². The highest BCUT2D eigenvalue weighted by Crippen LogP contribution is 2.19. The summed E-state index contributed by atoms with van der Waals surface area (Å²) in [5.41, 5.74) is 3.63. The van der Waals surface area contributed by atoms with Crippen molar-refractivity contribution in [3.05, 3.63) is 75.7 Å². The molecule has 0 aliphatic carbocycles. The first-order chi connectivity index (χ1) is 13.3. The second-order valence-corrected chi connectivity index (χ2v) is 7.34. The molecule has 0 saturated heterocycles. The van der Waals surface area contributed by atoms with Gasteiger partial charge in [-0.05, 0) is 76.8 Å². The number of benzene rings is 1. The number of rotatable bonds is 9. The molecule has 1 aromatic carbocycles. The highest BCUT2D eigenvalue weighted by molar-refractivity contribution is 5.77. The van der Waals surface area contributed by atoms with Crippen LogP contribution in [0, 0.1) is 0 Å². The van der Waals surface area contributed by atoms with Gasteiger partial charge >= 0.3 is 5.63 Å². The third-order valence-corrected chi connectivity index (χ3v) is 4.56. The van der Waals surface area contributed by atoms with Gasteiger partial charge in [0, 0.05) is 17.5 Å². The molecule has 1 N–H and O–H groups in total. The Balaban J connectivity index is 1.82. The van der Waals surface area contributed by atoms with E-state index in [4.69, 9.17) is 9.15 Å². The topological polar surface area (TPSA) is 59.7 Å². The molecule has 1 aromatic heterocycles. The number of ether oxygens (including phenoxy) is 1. The van der Waals surface area contributed by atoms with Crippen LogP contribution in [0.4, 0.5) is 0 Å². The van der Waals surface area contributed by atoms with Crippen LogP contribution in [0.15, 0.2) is 74.5 Å². The number of aliphatic hydroxyl groups is 1. The van der Waals surface area contributed by atoms with Gasteiger partial charge in [-0.3, -0.25) is 0 Å². The minimum absolute atomic E-state index is 0.366. The Bertz CT molecular complexity index is 927. The van der Waals surface area contributed by atoms with Gasteiger partial charge in [-0.25, -0.2) is 4.79 Å². The second-order valence-electron chi connectivity index (χ2n) is 7.34. The molecule has 0 spiro atoms. The normalized spacial score (nSPS) is 13.5. The molecule has 1 atom stereocenters. The quantitative estimate of drug-likeness (QED) is 0.455. The molecular weight excluding hydrogens is 352 g/mol. The predicted octanol–water partition coefficient (Wildman–Crippen LogP) is 5.56. The summed E-state index contributed by atoms with van der Waals surface area (Å²) >= 11 is 0. The average molecular weight is 383 g/mol. The van der Waals surface area contributed by atoms with Gasteiger partial charge in [-0.1, -0.05) is 23.3 Å². The van der Waals surface area contributed by atoms with Crippen LogP contribution >= 0.6 is 0 Å². The molecule has 150 valence electrons. The Kier molecular flexibility index (Phi) is 8.27. The zero-order valence-corrected chi connectivity index (χ0v) is 17.2. The minimum Gasteiger partial charge on any atom is -0.489 e. The van der Waals surface area contributed by atoms with Crippen molar-refractivity contribution in [2.24, 2.45) is 0 Å². The number of hydrogen-bond donors (Lipinski definition) is 1. The monoisotopic (exact) mass is 382 g/mol. The van der Waals surface area contributed by atoms with Crippen molar-refractivity contribution < 1.29 is 14.3 Å². The van der Waals surface area contributed by atoms with Crippen molar-refractivity contribution in [2.45, 2.75) is 53.1 Å². The maximum Gasteiger partial charge on any atom is 0.336 e. The van der Waals surface area contributed by atoms with Gasteiger partial charge < -0.3 is 14.3 Å². The van der Waals surface area contributed by atoms with Crippen LogP contribution in [0.5, 0.6) is 5.75 Å². The van der Waals surface area contributed by atoms with Crippen molar-refractivity contribution in [1.29, 1.82) is 0 Å². The van der Waals surface area contributed by atoms with Crippen molar-refractivity contribution in [1.82, 2.24) is 0 Å². The fraction of sp³-hybridized carbons (Fsp3) is 0.375.